The van der Waals surface area contributed by atoms with Gasteiger partial charge in [0.1, 0.15) is 16.4 Å². The molecular formula is C14H14N4OS. The van der Waals surface area contributed by atoms with Crippen LogP contribution in [0.25, 0.3) is 0 Å². The van der Waals surface area contributed by atoms with Gasteiger partial charge in [0.15, 0.2) is 5.82 Å². The first-order valence-corrected chi connectivity index (χ1v) is 6.78. The Kier molecular flexibility index (Phi) is 3.47. The van der Waals surface area contributed by atoms with Crippen molar-refractivity contribution in [2.24, 2.45) is 5.73 Å². The molecule has 0 saturated carbocycles. The molecule has 0 unspecified atom stereocenters. The predicted octanol–water partition coefficient (Wildman–Crippen LogP) is 2.03. The van der Waals surface area contributed by atoms with Crippen molar-refractivity contribution >= 4 is 28.7 Å². The zero-order valence-corrected chi connectivity index (χ0v) is 11.6. The van der Waals surface area contributed by atoms with E-state index in [9.17, 15) is 0 Å². The van der Waals surface area contributed by atoms with Gasteiger partial charge in [0.2, 0.25) is 0 Å². The average Bonchev–Trinajstić information content (AvgIpc) is 2.69. The molecule has 0 bridgehead atoms. The van der Waals surface area contributed by atoms with Gasteiger partial charge in [0.25, 0.3) is 0 Å². The lowest BCUT2D eigenvalue weighted by molar-refractivity contribution is 0.322. The van der Waals surface area contributed by atoms with Crippen molar-refractivity contribution < 1.29 is 4.74 Å². The molecule has 0 fully saturated rings. The second kappa shape index (κ2) is 5.42. The van der Waals surface area contributed by atoms with E-state index in [4.69, 9.17) is 22.7 Å². The van der Waals surface area contributed by atoms with Crippen LogP contribution in [0.1, 0.15) is 12.1 Å². The molecule has 1 aromatic heterocycles. The van der Waals surface area contributed by atoms with Crippen LogP contribution in [0, 0.1) is 0 Å². The van der Waals surface area contributed by atoms with Crippen LogP contribution in [0.2, 0.25) is 0 Å². The number of nitrogens with two attached hydrogens (primary N) is 1. The second-order valence-electron chi connectivity index (χ2n) is 4.41. The molecule has 5 nitrogen and oxygen atoms in total. The largest absolute Gasteiger partial charge is 0.491 e. The van der Waals surface area contributed by atoms with Crippen molar-refractivity contribution in [1.29, 1.82) is 0 Å². The van der Waals surface area contributed by atoms with Crippen molar-refractivity contribution in [2.45, 2.75) is 6.42 Å². The highest BCUT2D eigenvalue weighted by molar-refractivity contribution is 7.80. The summed E-state index contributed by atoms with van der Waals surface area (Å²) in [6.45, 7) is 1.46. The van der Waals surface area contributed by atoms with Gasteiger partial charge < -0.3 is 15.4 Å². The molecule has 20 heavy (non-hydrogen) atoms. The molecule has 1 aromatic carbocycles. The zero-order chi connectivity index (χ0) is 13.9. The topological polar surface area (TPSA) is 64.3 Å². The van der Waals surface area contributed by atoms with Crippen LogP contribution in [-0.4, -0.2) is 28.1 Å². The number of hydrogen-bond donors (Lipinski definition) is 1. The Morgan fingerprint density at radius 3 is 2.90 bits per heavy atom. The molecule has 1 aliphatic heterocycles. The first-order chi connectivity index (χ1) is 9.77. The van der Waals surface area contributed by atoms with E-state index in [0.717, 1.165) is 24.4 Å². The molecule has 0 atom stereocenters. The van der Waals surface area contributed by atoms with Gasteiger partial charge in [-0.15, -0.1) is 0 Å². The maximum Gasteiger partial charge on any atom is 0.162 e. The van der Waals surface area contributed by atoms with Crippen LogP contribution < -0.4 is 15.4 Å². The lowest BCUT2D eigenvalue weighted by Crippen LogP contribution is -2.24. The van der Waals surface area contributed by atoms with Crippen LogP contribution in [0.4, 0.5) is 11.5 Å². The molecule has 1 aliphatic rings. The molecule has 2 N–H and O–H groups in total. The molecule has 2 aromatic rings. The highest BCUT2D eigenvalue weighted by Crippen LogP contribution is 2.35. The molecule has 3 rings (SSSR count). The van der Waals surface area contributed by atoms with Crippen molar-refractivity contribution in [3.63, 3.8) is 0 Å². The Hall–Kier alpha value is -2.21. The minimum Gasteiger partial charge on any atom is -0.491 e. The standard InChI is InChI=1S/C14H14N4OS/c15-13(20)12-14(17-7-6-16-12)18-8-3-9-19-11-5-2-1-4-10(11)18/h1-2,4-7H,3,8-9H2,(H2,15,20). The molecule has 102 valence electrons. The fourth-order valence-electron chi connectivity index (χ4n) is 2.25. The van der Waals surface area contributed by atoms with E-state index >= 15 is 0 Å². The minimum atomic E-state index is 0.246. The molecule has 0 spiro atoms. The number of rotatable bonds is 2. The van der Waals surface area contributed by atoms with Gasteiger partial charge in [0.05, 0.1) is 12.3 Å². The molecule has 0 amide bonds. The summed E-state index contributed by atoms with van der Waals surface area (Å²) in [5.41, 5.74) is 7.25. The van der Waals surface area contributed by atoms with Crippen LogP contribution in [0.15, 0.2) is 36.7 Å². The first kappa shape index (κ1) is 12.8. The number of thiocarbonyl (C=S) groups is 1. The quantitative estimate of drug-likeness (QED) is 0.852. The van der Waals surface area contributed by atoms with Gasteiger partial charge in [0, 0.05) is 18.9 Å². The highest BCUT2D eigenvalue weighted by atomic mass is 32.1. The lowest BCUT2D eigenvalue weighted by Gasteiger charge is -2.24. The summed E-state index contributed by atoms with van der Waals surface area (Å²) in [6.07, 6.45) is 4.13. The van der Waals surface area contributed by atoms with Crippen molar-refractivity contribution in [2.75, 3.05) is 18.1 Å². The SMILES string of the molecule is NC(=S)c1nccnc1N1CCCOc2ccccc21. The lowest BCUT2D eigenvalue weighted by atomic mass is 10.2. The smallest absolute Gasteiger partial charge is 0.162 e. The van der Waals surface area contributed by atoms with Crippen LogP contribution in [-0.2, 0) is 0 Å². The molecule has 2 heterocycles. The summed E-state index contributed by atoms with van der Waals surface area (Å²) >= 11 is 5.07. The van der Waals surface area contributed by atoms with Gasteiger partial charge in [-0.1, -0.05) is 24.4 Å². The maximum absolute atomic E-state index is 5.75. The monoisotopic (exact) mass is 286 g/mol. The van der Waals surface area contributed by atoms with E-state index in [1.807, 2.05) is 24.3 Å². The molecule has 0 aliphatic carbocycles. The van der Waals surface area contributed by atoms with Crippen molar-refractivity contribution in [3.8, 4) is 5.75 Å². The van der Waals surface area contributed by atoms with Gasteiger partial charge in [-0.25, -0.2) is 9.97 Å². The van der Waals surface area contributed by atoms with E-state index < -0.39 is 0 Å². The third kappa shape index (κ3) is 2.30. The van der Waals surface area contributed by atoms with E-state index in [1.54, 1.807) is 12.4 Å². The van der Waals surface area contributed by atoms with Crippen LogP contribution in [0.5, 0.6) is 5.75 Å². The Labute approximate surface area is 122 Å². The molecule has 6 heteroatoms. The Morgan fingerprint density at radius 1 is 1.25 bits per heavy atom. The van der Waals surface area contributed by atoms with E-state index in [0.29, 0.717) is 18.1 Å². The predicted molar refractivity (Wildman–Crippen MR) is 81.5 cm³/mol. The normalized spacial score (nSPS) is 14.1. The van der Waals surface area contributed by atoms with Crippen molar-refractivity contribution in [3.05, 3.63) is 42.4 Å². The average molecular weight is 286 g/mol. The summed E-state index contributed by atoms with van der Waals surface area (Å²) < 4.78 is 5.75. The third-order valence-corrected chi connectivity index (χ3v) is 3.30. The Balaban J connectivity index is 2.13. The van der Waals surface area contributed by atoms with Gasteiger partial charge in [-0.05, 0) is 18.6 Å². The highest BCUT2D eigenvalue weighted by Gasteiger charge is 2.22. The molecular weight excluding hydrogens is 272 g/mol. The van der Waals surface area contributed by atoms with Crippen LogP contribution in [0.3, 0.4) is 0 Å². The van der Waals surface area contributed by atoms with E-state index in [2.05, 4.69) is 14.9 Å². The molecule has 0 saturated heterocycles. The number of fused-ring (bicyclic) bond motifs is 1. The first-order valence-electron chi connectivity index (χ1n) is 6.37. The minimum absolute atomic E-state index is 0.246. The Bertz CT molecular complexity index is 647. The Morgan fingerprint density at radius 2 is 2.05 bits per heavy atom. The van der Waals surface area contributed by atoms with Gasteiger partial charge >= 0.3 is 0 Å². The molecule has 0 radical (unpaired) electrons. The summed E-state index contributed by atoms with van der Waals surface area (Å²) in [6, 6.07) is 7.87. The van der Waals surface area contributed by atoms with E-state index in [-0.39, 0.29) is 4.99 Å². The third-order valence-electron chi connectivity index (χ3n) is 3.11. The maximum atomic E-state index is 5.75. The van der Waals surface area contributed by atoms with Crippen LogP contribution >= 0.6 is 12.2 Å². The summed E-state index contributed by atoms with van der Waals surface area (Å²) in [4.78, 5) is 11.0. The number of hydrogen-bond acceptors (Lipinski definition) is 5. The number of para-hydroxylation sites is 2. The number of benzene rings is 1. The van der Waals surface area contributed by atoms with E-state index in [1.165, 1.54) is 0 Å². The number of nitrogens with zero attached hydrogens (tertiary/aromatic N) is 3. The fraction of sp³-hybridized carbons (Fsp3) is 0.214. The number of anilines is 2. The summed E-state index contributed by atoms with van der Waals surface area (Å²) in [5, 5.41) is 0. The second-order valence-corrected chi connectivity index (χ2v) is 4.85. The zero-order valence-electron chi connectivity index (χ0n) is 10.8. The number of ether oxygens (including phenoxy) is 1. The van der Waals surface area contributed by atoms with Gasteiger partial charge in [-0.2, -0.15) is 0 Å². The fourth-order valence-corrected chi connectivity index (χ4v) is 2.39. The summed E-state index contributed by atoms with van der Waals surface area (Å²) in [7, 11) is 0. The number of aromatic nitrogens is 2. The summed E-state index contributed by atoms with van der Waals surface area (Å²) in [5.74, 6) is 1.52. The van der Waals surface area contributed by atoms with Crippen molar-refractivity contribution in [1.82, 2.24) is 9.97 Å². The van der Waals surface area contributed by atoms with Gasteiger partial charge in [-0.3, -0.25) is 0 Å².